The Kier molecular flexibility index (Phi) is 6.07. The van der Waals surface area contributed by atoms with E-state index in [9.17, 15) is 4.79 Å². The highest BCUT2D eigenvalue weighted by molar-refractivity contribution is 5.61. The molecule has 2 unspecified atom stereocenters. The van der Waals surface area contributed by atoms with Crippen LogP contribution in [0, 0.1) is 23.7 Å². The lowest BCUT2D eigenvalue weighted by Crippen LogP contribution is -2.18. The highest BCUT2D eigenvalue weighted by Crippen LogP contribution is 1.97. The molecule has 0 aromatic carbocycles. The van der Waals surface area contributed by atoms with E-state index in [-0.39, 0.29) is 0 Å². The van der Waals surface area contributed by atoms with Crippen LogP contribution in [0.1, 0.15) is 27.7 Å². The molecule has 2 atom stereocenters. The topological polar surface area (TPSA) is 35.5 Å². The SMILES string of the molecule is CC#CC(C)OC(=O)OC(C)C#CC. The van der Waals surface area contributed by atoms with Gasteiger partial charge in [0.2, 0.25) is 0 Å². The molecule has 3 nitrogen and oxygen atoms in total. The Hall–Kier alpha value is -1.61. The lowest BCUT2D eigenvalue weighted by Gasteiger charge is -2.09. The Bertz CT molecular complexity index is 268. The molecule has 0 aliphatic rings. The minimum atomic E-state index is -0.740. The number of ether oxygens (including phenoxy) is 2. The predicted molar refractivity (Wildman–Crippen MR) is 53.4 cm³/mol. The second kappa shape index (κ2) is 6.86. The van der Waals surface area contributed by atoms with E-state index in [1.807, 2.05) is 0 Å². The van der Waals surface area contributed by atoms with Crippen LogP contribution in [0.4, 0.5) is 4.79 Å². The highest BCUT2D eigenvalue weighted by atomic mass is 16.7. The molecule has 76 valence electrons. The van der Waals surface area contributed by atoms with Crippen LogP contribution in [-0.4, -0.2) is 18.4 Å². The zero-order chi connectivity index (χ0) is 11.0. The van der Waals surface area contributed by atoms with E-state index in [0.29, 0.717) is 0 Å². The normalized spacial score (nSPS) is 12.3. The predicted octanol–water partition coefficient (Wildman–Crippen LogP) is 1.96. The smallest absolute Gasteiger partial charge is 0.418 e. The van der Waals surface area contributed by atoms with Crippen molar-refractivity contribution in [3.8, 4) is 23.7 Å². The second-order valence-electron chi connectivity index (χ2n) is 2.56. The van der Waals surface area contributed by atoms with Crippen molar-refractivity contribution in [2.45, 2.75) is 39.9 Å². The number of hydrogen-bond acceptors (Lipinski definition) is 3. The van der Waals surface area contributed by atoms with Crippen molar-refractivity contribution in [2.75, 3.05) is 0 Å². The molecule has 0 aromatic rings. The Morgan fingerprint density at radius 3 is 1.64 bits per heavy atom. The fourth-order valence-corrected chi connectivity index (χ4v) is 0.782. The summed E-state index contributed by atoms with van der Waals surface area (Å²) >= 11 is 0. The van der Waals surface area contributed by atoms with Gasteiger partial charge in [0.15, 0.2) is 12.2 Å². The van der Waals surface area contributed by atoms with Crippen LogP contribution in [0.2, 0.25) is 0 Å². The molecule has 0 spiro atoms. The van der Waals surface area contributed by atoms with Gasteiger partial charge < -0.3 is 9.47 Å². The van der Waals surface area contributed by atoms with E-state index >= 15 is 0 Å². The third-order valence-electron chi connectivity index (χ3n) is 1.24. The van der Waals surface area contributed by atoms with Crippen molar-refractivity contribution in [1.82, 2.24) is 0 Å². The van der Waals surface area contributed by atoms with Gasteiger partial charge in [-0.05, 0) is 27.7 Å². The van der Waals surface area contributed by atoms with Crippen LogP contribution >= 0.6 is 0 Å². The van der Waals surface area contributed by atoms with Crippen molar-refractivity contribution in [1.29, 1.82) is 0 Å². The van der Waals surface area contributed by atoms with Gasteiger partial charge in [-0.15, -0.1) is 11.8 Å². The van der Waals surface area contributed by atoms with Gasteiger partial charge >= 0.3 is 6.16 Å². The van der Waals surface area contributed by atoms with Crippen LogP contribution < -0.4 is 0 Å². The number of hydrogen-bond donors (Lipinski definition) is 0. The van der Waals surface area contributed by atoms with Crippen LogP contribution in [0.3, 0.4) is 0 Å². The van der Waals surface area contributed by atoms with E-state index in [4.69, 9.17) is 9.47 Å². The zero-order valence-electron chi connectivity index (χ0n) is 8.88. The molecular formula is C11H14O3. The molecule has 0 amide bonds. The molecule has 0 saturated carbocycles. The van der Waals surface area contributed by atoms with Crippen LogP contribution in [0.5, 0.6) is 0 Å². The molecule has 0 aliphatic carbocycles. The summed E-state index contributed by atoms with van der Waals surface area (Å²) in [6.07, 6.45) is -1.64. The average molecular weight is 194 g/mol. The first-order chi connectivity index (χ1) is 6.60. The molecule has 0 aromatic heterocycles. The fraction of sp³-hybridized carbons (Fsp3) is 0.545. The first-order valence-electron chi connectivity index (χ1n) is 4.32. The quantitative estimate of drug-likeness (QED) is 0.498. The summed E-state index contributed by atoms with van der Waals surface area (Å²) in [7, 11) is 0. The van der Waals surface area contributed by atoms with Crippen LogP contribution in [0.25, 0.3) is 0 Å². The third kappa shape index (κ3) is 5.97. The third-order valence-corrected chi connectivity index (χ3v) is 1.24. The molecule has 0 heterocycles. The Morgan fingerprint density at radius 1 is 1.00 bits per heavy atom. The van der Waals surface area contributed by atoms with Gasteiger partial charge in [0.05, 0.1) is 0 Å². The number of carbonyl (C=O) groups excluding carboxylic acids is 1. The summed E-state index contributed by atoms with van der Waals surface area (Å²) in [5, 5.41) is 0. The number of rotatable bonds is 2. The molecule has 0 saturated heterocycles. The standard InChI is InChI=1S/C11H14O3/c1-5-7-9(3)13-11(12)14-10(4)8-6-2/h9-10H,1-4H3. The van der Waals surface area contributed by atoms with Gasteiger partial charge in [-0.2, -0.15) is 0 Å². The monoisotopic (exact) mass is 194 g/mol. The maximum absolute atomic E-state index is 11.0. The van der Waals surface area contributed by atoms with Crippen LogP contribution in [0.15, 0.2) is 0 Å². The molecular weight excluding hydrogens is 180 g/mol. The summed E-state index contributed by atoms with van der Waals surface area (Å²) in [6.45, 7) is 6.70. The van der Waals surface area contributed by atoms with Gasteiger partial charge in [0, 0.05) is 0 Å². The summed E-state index contributed by atoms with van der Waals surface area (Å²) in [5.41, 5.74) is 0. The van der Waals surface area contributed by atoms with E-state index in [0.717, 1.165) is 0 Å². The van der Waals surface area contributed by atoms with Crippen molar-refractivity contribution in [3.63, 3.8) is 0 Å². The first-order valence-corrected chi connectivity index (χ1v) is 4.32. The lowest BCUT2D eigenvalue weighted by atomic mass is 10.4. The largest absolute Gasteiger partial charge is 0.510 e. The Balaban J connectivity index is 3.94. The van der Waals surface area contributed by atoms with E-state index in [1.165, 1.54) is 0 Å². The average Bonchev–Trinajstić information content (AvgIpc) is 2.03. The maximum Gasteiger partial charge on any atom is 0.510 e. The van der Waals surface area contributed by atoms with Crippen LogP contribution in [-0.2, 0) is 9.47 Å². The van der Waals surface area contributed by atoms with Crippen molar-refractivity contribution in [2.24, 2.45) is 0 Å². The molecule has 0 N–H and O–H groups in total. The molecule has 3 heteroatoms. The highest BCUT2D eigenvalue weighted by Gasteiger charge is 2.10. The zero-order valence-corrected chi connectivity index (χ0v) is 8.88. The summed E-state index contributed by atoms with van der Waals surface area (Å²) in [4.78, 5) is 11.0. The Labute approximate surface area is 84.8 Å². The summed E-state index contributed by atoms with van der Waals surface area (Å²) in [5.74, 6) is 10.6. The summed E-state index contributed by atoms with van der Waals surface area (Å²) < 4.78 is 9.61. The fourth-order valence-electron chi connectivity index (χ4n) is 0.782. The first kappa shape index (κ1) is 12.4. The number of carbonyl (C=O) groups is 1. The van der Waals surface area contributed by atoms with Crippen molar-refractivity contribution in [3.05, 3.63) is 0 Å². The van der Waals surface area contributed by atoms with Gasteiger partial charge in [-0.25, -0.2) is 4.79 Å². The molecule has 0 bridgehead atoms. The summed E-state index contributed by atoms with van der Waals surface area (Å²) in [6, 6.07) is 0. The second-order valence-corrected chi connectivity index (χ2v) is 2.56. The van der Waals surface area contributed by atoms with E-state index in [1.54, 1.807) is 27.7 Å². The van der Waals surface area contributed by atoms with Crippen molar-refractivity contribution >= 4 is 6.16 Å². The van der Waals surface area contributed by atoms with Gasteiger partial charge in [-0.3, -0.25) is 0 Å². The van der Waals surface area contributed by atoms with E-state index < -0.39 is 18.4 Å². The van der Waals surface area contributed by atoms with Crippen molar-refractivity contribution < 1.29 is 14.3 Å². The minimum absolute atomic E-state index is 0.450. The molecule has 0 radical (unpaired) electrons. The van der Waals surface area contributed by atoms with Gasteiger partial charge in [0.25, 0.3) is 0 Å². The molecule has 0 fully saturated rings. The Morgan fingerprint density at radius 2 is 1.36 bits per heavy atom. The molecule has 0 aliphatic heterocycles. The molecule has 0 rings (SSSR count). The van der Waals surface area contributed by atoms with Gasteiger partial charge in [-0.1, -0.05) is 11.8 Å². The minimum Gasteiger partial charge on any atom is -0.418 e. The maximum atomic E-state index is 11.0. The van der Waals surface area contributed by atoms with Gasteiger partial charge in [0.1, 0.15) is 0 Å². The van der Waals surface area contributed by atoms with E-state index in [2.05, 4.69) is 23.7 Å². The lowest BCUT2D eigenvalue weighted by molar-refractivity contribution is 0.0339. The molecule has 14 heavy (non-hydrogen) atoms.